The Bertz CT molecular complexity index is 578. The second-order valence-electron chi connectivity index (χ2n) is 11.4. The number of carbonyl (C=O) groups excluding carboxylic acids is 1. The molecule has 1 amide bonds. The van der Waals surface area contributed by atoms with E-state index in [4.69, 9.17) is 0 Å². The van der Waals surface area contributed by atoms with E-state index >= 15 is 0 Å². The van der Waals surface area contributed by atoms with Crippen molar-refractivity contribution in [2.75, 3.05) is 6.61 Å². The summed E-state index contributed by atoms with van der Waals surface area (Å²) in [6, 6.07) is -0.807. The topological polar surface area (TPSA) is 89.8 Å². The molecule has 3 unspecified atom stereocenters. The van der Waals surface area contributed by atoms with Gasteiger partial charge in [-0.2, -0.15) is 0 Å². The molecule has 0 aliphatic heterocycles. The maximum Gasteiger partial charge on any atom is 0.249 e. The van der Waals surface area contributed by atoms with Gasteiger partial charge < -0.3 is 20.6 Å². The molecule has 0 saturated carbocycles. The summed E-state index contributed by atoms with van der Waals surface area (Å²) >= 11 is 0. The smallest absolute Gasteiger partial charge is 0.249 e. The second kappa shape index (κ2) is 29.8. The quantitative estimate of drug-likeness (QED) is 0.0556. The number of aliphatic hydroxyl groups excluding tert-OH is 3. The summed E-state index contributed by atoms with van der Waals surface area (Å²) in [5.74, 6) is -0.517. The highest BCUT2D eigenvalue weighted by molar-refractivity contribution is 5.80. The van der Waals surface area contributed by atoms with E-state index in [-0.39, 0.29) is 6.61 Å². The van der Waals surface area contributed by atoms with Gasteiger partial charge in [-0.1, -0.05) is 154 Å². The molecule has 0 aromatic carbocycles. The highest BCUT2D eigenvalue weighted by Gasteiger charge is 2.22. The number of hydrogen-bond acceptors (Lipinski definition) is 4. The first-order valence-electron chi connectivity index (χ1n) is 16.7. The van der Waals surface area contributed by atoms with Gasteiger partial charge >= 0.3 is 0 Å². The third-order valence-corrected chi connectivity index (χ3v) is 7.54. The molecule has 0 heterocycles. The minimum Gasteiger partial charge on any atom is -0.394 e. The molecule has 0 aromatic rings. The van der Waals surface area contributed by atoms with Gasteiger partial charge in [0.25, 0.3) is 0 Å². The Morgan fingerprint density at radius 2 is 1.05 bits per heavy atom. The van der Waals surface area contributed by atoms with E-state index in [0.29, 0.717) is 6.42 Å². The lowest BCUT2D eigenvalue weighted by molar-refractivity contribution is -0.131. The summed E-state index contributed by atoms with van der Waals surface area (Å²) < 4.78 is 0. The third kappa shape index (κ3) is 25.5. The van der Waals surface area contributed by atoms with Crippen molar-refractivity contribution in [1.82, 2.24) is 5.32 Å². The first-order chi connectivity index (χ1) is 19.1. The average molecular weight is 552 g/mol. The maximum absolute atomic E-state index is 12.3. The Hall–Kier alpha value is -1.17. The van der Waals surface area contributed by atoms with Gasteiger partial charge in [0.15, 0.2) is 0 Å². The van der Waals surface area contributed by atoms with Crippen molar-refractivity contribution in [3.05, 3.63) is 24.3 Å². The molecule has 5 nitrogen and oxygen atoms in total. The minimum absolute atomic E-state index is 0.374. The fourth-order valence-corrected chi connectivity index (χ4v) is 4.84. The van der Waals surface area contributed by atoms with Gasteiger partial charge in [-0.25, -0.2) is 0 Å². The number of carbonyl (C=O) groups is 1. The molecule has 4 N–H and O–H groups in total. The van der Waals surface area contributed by atoms with Crippen LogP contribution in [0.4, 0.5) is 0 Å². The van der Waals surface area contributed by atoms with Gasteiger partial charge in [0.2, 0.25) is 5.91 Å². The fraction of sp³-hybridized carbons (Fsp3) is 0.853. The Morgan fingerprint density at radius 3 is 1.56 bits per heavy atom. The van der Waals surface area contributed by atoms with Gasteiger partial charge in [-0.3, -0.25) is 4.79 Å². The van der Waals surface area contributed by atoms with E-state index in [1.165, 1.54) is 103 Å². The van der Waals surface area contributed by atoms with Crippen LogP contribution >= 0.6 is 0 Å². The zero-order valence-electron chi connectivity index (χ0n) is 25.8. The minimum atomic E-state index is -1.10. The summed E-state index contributed by atoms with van der Waals surface area (Å²) in [7, 11) is 0. The maximum atomic E-state index is 12.3. The van der Waals surface area contributed by atoms with Crippen molar-refractivity contribution in [2.45, 2.75) is 180 Å². The highest BCUT2D eigenvalue weighted by atomic mass is 16.3. The molecule has 3 atom stereocenters. The third-order valence-electron chi connectivity index (χ3n) is 7.54. The van der Waals surface area contributed by atoms with Gasteiger partial charge in [0.1, 0.15) is 6.10 Å². The standard InChI is InChI=1S/C34H65NO4/c1-3-5-7-9-11-13-15-16-17-18-19-21-22-24-26-28-32(37)31(30-36)35-34(39)33(38)29-27-25-23-20-14-12-10-8-6-4-2/h19,21,26,28,31-33,36-38H,3-18,20,22-25,27,29-30H2,1-2H3,(H,35,39)/b21-19+,28-26+. The van der Waals surface area contributed by atoms with Gasteiger partial charge in [0, 0.05) is 0 Å². The summed E-state index contributed by atoms with van der Waals surface area (Å²) in [5.41, 5.74) is 0. The molecule has 5 heteroatoms. The van der Waals surface area contributed by atoms with E-state index < -0.39 is 24.2 Å². The van der Waals surface area contributed by atoms with Crippen molar-refractivity contribution in [3.63, 3.8) is 0 Å². The number of allylic oxidation sites excluding steroid dienone is 3. The van der Waals surface area contributed by atoms with E-state index in [2.05, 4.69) is 31.3 Å². The van der Waals surface area contributed by atoms with Crippen molar-refractivity contribution < 1.29 is 20.1 Å². The second-order valence-corrected chi connectivity index (χ2v) is 11.4. The zero-order chi connectivity index (χ0) is 28.8. The molecular weight excluding hydrogens is 486 g/mol. The molecule has 0 aromatic heterocycles. The number of rotatable bonds is 29. The molecule has 0 spiro atoms. The summed E-state index contributed by atoms with van der Waals surface area (Å²) in [5, 5.41) is 32.7. The van der Waals surface area contributed by atoms with Crippen LogP contribution in [-0.4, -0.2) is 46.1 Å². The molecule has 39 heavy (non-hydrogen) atoms. The van der Waals surface area contributed by atoms with Gasteiger partial charge in [-0.15, -0.1) is 0 Å². The Kier molecular flexibility index (Phi) is 28.9. The molecule has 0 radical (unpaired) electrons. The lowest BCUT2D eigenvalue weighted by atomic mass is 10.0. The average Bonchev–Trinajstić information content (AvgIpc) is 2.94. The SMILES string of the molecule is CCCCCCCCCCC/C=C/CC/C=C/C(O)C(CO)NC(=O)C(O)CCCCCCCCCCCC. The fourth-order valence-electron chi connectivity index (χ4n) is 4.84. The van der Waals surface area contributed by atoms with Gasteiger partial charge in [0.05, 0.1) is 18.8 Å². The largest absolute Gasteiger partial charge is 0.394 e. The number of unbranched alkanes of at least 4 members (excludes halogenated alkanes) is 19. The van der Waals surface area contributed by atoms with Crippen LogP contribution in [0.15, 0.2) is 24.3 Å². The number of amides is 1. The van der Waals surface area contributed by atoms with Crippen LogP contribution in [0.2, 0.25) is 0 Å². The van der Waals surface area contributed by atoms with Crippen LogP contribution < -0.4 is 5.32 Å². The summed E-state index contributed by atoms with van der Waals surface area (Å²) in [6.07, 6.45) is 33.3. The highest BCUT2D eigenvalue weighted by Crippen LogP contribution is 2.13. The lowest BCUT2D eigenvalue weighted by Crippen LogP contribution is -2.48. The van der Waals surface area contributed by atoms with Crippen LogP contribution in [0.3, 0.4) is 0 Å². The number of hydrogen-bond donors (Lipinski definition) is 4. The van der Waals surface area contributed by atoms with Crippen LogP contribution in [0.1, 0.15) is 162 Å². The van der Waals surface area contributed by atoms with Crippen molar-refractivity contribution in [3.8, 4) is 0 Å². The molecule has 0 fully saturated rings. The molecule has 0 aliphatic rings. The number of nitrogens with one attached hydrogen (secondary N) is 1. The van der Waals surface area contributed by atoms with Gasteiger partial charge in [-0.05, 0) is 32.1 Å². The summed E-state index contributed by atoms with van der Waals surface area (Å²) in [6.45, 7) is 4.12. The van der Waals surface area contributed by atoms with Crippen LogP contribution in [0.5, 0.6) is 0 Å². The van der Waals surface area contributed by atoms with Crippen molar-refractivity contribution >= 4 is 5.91 Å². The van der Waals surface area contributed by atoms with E-state index in [0.717, 1.165) is 38.5 Å². The Labute approximate surface area is 241 Å². The van der Waals surface area contributed by atoms with Crippen LogP contribution in [0.25, 0.3) is 0 Å². The first-order valence-corrected chi connectivity index (χ1v) is 16.7. The van der Waals surface area contributed by atoms with E-state index in [1.54, 1.807) is 6.08 Å². The first kappa shape index (κ1) is 37.8. The predicted molar refractivity (Wildman–Crippen MR) is 167 cm³/mol. The van der Waals surface area contributed by atoms with Crippen molar-refractivity contribution in [1.29, 1.82) is 0 Å². The predicted octanol–water partition coefficient (Wildman–Crippen LogP) is 8.31. The van der Waals surface area contributed by atoms with Crippen LogP contribution in [-0.2, 0) is 4.79 Å². The molecule has 0 saturated heterocycles. The van der Waals surface area contributed by atoms with Crippen LogP contribution in [0, 0.1) is 0 Å². The monoisotopic (exact) mass is 551 g/mol. The molecule has 230 valence electrons. The van der Waals surface area contributed by atoms with E-state index in [1.807, 2.05) is 6.08 Å². The number of aliphatic hydroxyl groups is 3. The lowest BCUT2D eigenvalue weighted by Gasteiger charge is -2.21. The Balaban J connectivity index is 3.85. The molecule has 0 aliphatic carbocycles. The summed E-state index contributed by atoms with van der Waals surface area (Å²) in [4.78, 5) is 12.3. The van der Waals surface area contributed by atoms with E-state index in [9.17, 15) is 20.1 Å². The Morgan fingerprint density at radius 1 is 0.615 bits per heavy atom. The zero-order valence-corrected chi connectivity index (χ0v) is 25.8. The van der Waals surface area contributed by atoms with Crippen molar-refractivity contribution in [2.24, 2.45) is 0 Å². The normalized spacial score (nSPS) is 14.3. The molecular formula is C34H65NO4. The molecule has 0 rings (SSSR count). The molecule has 0 bridgehead atoms.